The molecule has 0 aliphatic rings. The molecule has 0 saturated carbocycles. The van der Waals surface area contributed by atoms with E-state index in [9.17, 15) is 9.59 Å². The smallest absolute Gasteiger partial charge is 0.247 e. The molecule has 0 aliphatic carbocycles. The lowest BCUT2D eigenvalue weighted by atomic mass is 10.0. The molecule has 1 atom stereocenters. The molecule has 0 saturated heterocycles. The van der Waals surface area contributed by atoms with Gasteiger partial charge in [0.2, 0.25) is 11.8 Å². The van der Waals surface area contributed by atoms with Crippen molar-refractivity contribution in [2.24, 2.45) is 0 Å². The van der Waals surface area contributed by atoms with Crippen molar-refractivity contribution in [2.45, 2.75) is 26.4 Å². The average Bonchev–Trinajstić information content (AvgIpc) is 2.76. The Hall–Kier alpha value is -3.66. The SMILES string of the molecule is CC(=O)Nc1cccc(C(C)N(Cc2ccccc2)C(=O)/C=C/c2ccccc2)c1. The predicted molar refractivity (Wildman–Crippen MR) is 122 cm³/mol. The van der Waals surface area contributed by atoms with E-state index in [1.807, 2.05) is 103 Å². The first-order valence-corrected chi connectivity index (χ1v) is 9.98. The standard InChI is InChI=1S/C26H26N2O2/c1-20(24-14-9-15-25(18-24)27-21(2)29)28(19-23-12-7-4-8-13-23)26(30)17-16-22-10-5-3-6-11-22/h3-18,20H,19H2,1-2H3,(H,27,29)/b17-16+. The third-order valence-corrected chi connectivity index (χ3v) is 4.85. The summed E-state index contributed by atoms with van der Waals surface area (Å²) in [5, 5.41) is 2.81. The number of rotatable bonds is 7. The summed E-state index contributed by atoms with van der Waals surface area (Å²) in [5.41, 5.74) is 3.71. The molecule has 1 N–H and O–H groups in total. The molecule has 0 heterocycles. The zero-order valence-electron chi connectivity index (χ0n) is 17.3. The van der Waals surface area contributed by atoms with Crippen LogP contribution in [0.2, 0.25) is 0 Å². The van der Waals surface area contributed by atoms with Gasteiger partial charge in [-0.3, -0.25) is 9.59 Å². The number of benzene rings is 3. The molecule has 30 heavy (non-hydrogen) atoms. The Morgan fingerprint density at radius 2 is 1.60 bits per heavy atom. The van der Waals surface area contributed by atoms with Crippen molar-refractivity contribution in [3.05, 3.63) is 108 Å². The van der Waals surface area contributed by atoms with Gasteiger partial charge in [0.05, 0.1) is 6.04 Å². The molecular formula is C26H26N2O2. The number of carbonyl (C=O) groups excluding carboxylic acids is 2. The zero-order valence-corrected chi connectivity index (χ0v) is 17.3. The largest absolute Gasteiger partial charge is 0.328 e. The van der Waals surface area contributed by atoms with Crippen LogP contribution >= 0.6 is 0 Å². The molecule has 152 valence electrons. The van der Waals surface area contributed by atoms with Gasteiger partial charge in [-0.2, -0.15) is 0 Å². The van der Waals surface area contributed by atoms with Crippen LogP contribution in [0.5, 0.6) is 0 Å². The highest BCUT2D eigenvalue weighted by atomic mass is 16.2. The number of carbonyl (C=O) groups is 2. The maximum Gasteiger partial charge on any atom is 0.247 e. The topological polar surface area (TPSA) is 49.4 Å². The highest BCUT2D eigenvalue weighted by Crippen LogP contribution is 2.25. The normalized spacial score (nSPS) is 11.8. The van der Waals surface area contributed by atoms with E-state index in [0.717, 1.165) is 22.4 Å². The van der Waals surface area contributed by atoms with E-state index in [2.05, 4.69) is 5.32 Å². The minimum atomic E-state index is -0.174. The van der Waals surface area contributed by atoms with Gasteiger partial charge in [0.1, 0.15) is 0 Å². The van der Waals surface area contributed by atoms with E-state index in [1.54, 1.807) is 6.08 Å². The van der Waals surface area contributed by atoms with Gasteiger partial charge in [0, 0.05) is 25.2 Å². The van der Waals surface area contributed by atoms with Crippen molar-refractivity contribution in [3.63, 3.8) is 0 Å². The van der Waals surface area contributed by atoms with Crippen LogP contribution in [-0.4, -0.2) is 16.7 Å². The molecule has 0 fully saturated rings. The van der Waals surface area contributed by atoms with Crippen LogP contribution in [0.3, 0.4) is 0 Å². The van der Waals surface area contributed by atoms with Gasteiger partial charge in [-0.25, -0.2) is 0 Å². The Balaban J connectivity index is 1.87. The first-order valence-electron chi connectivity index (χ1n) is 9.98. The van der Waals surface area contributed by atoms with Crippen molar-refractivity contribution < 1.29 is 9.59 Å². The predicted octanol–water partition coefficient (Wildman–Crippen LogP) is 5.45. The Kier molecular flexibility index (Phi) is 7.17. The van der Waals surface area contributed by atoms with Crippen molar-refractivity contribution in [1.82, 2.24) is 4.90 Å². The van der Waals surface area contributed by atoms with E-state index in [1.165, 1.54) is 6.92 Å². The molecule has 3 aromatic carbocycles. The molecule has 4 nitrogen and oxygen atoms in total. The minimum Gasteiger partial charge on any atom is -0.328 e. The summed E-state index contributed by atoms with van der Waals surface area (Å²) in [5.74, 6) is -0.192. The van der Waals surface area contributed by atoms with Crippen LogP contribution in [-0.2, 0) is 16.1 Å². The molecule has 0 aliphatic heterocycles. The molecule has 3 rings (SSSR count). The second-order valence-electron chi connectivity index (χ2n) is 7.18. The highest BCUT2D eigenvalue weighted by molar-refractivity contribution is 5.92. The van der Waals surface area contributed by atoms with E-state index < -0.39 is 0 Å². The molecule has 0 bridgehead atoms. The first-order chi connectivity index (χ1) is 14.5. The molecule has 2 amide bonds. The number of anilines is 1. The Morgan fingerprint density at radius 3 is 2.27 bits per heavy atom. The van der Waals surface area contributed by atoms with Gasteiger partial charge in [0.25, 0.3) is 0 Å². The second-order valence-corrected chi connectivity index (χ2v) is 7.18. The molecule has 0 radical (unpaired) electrons. The van der Waals surface area contributed by atoms with Crippen LogP contribution in [0.25, 0.3) is 6.08 Å². The first kappa shape index (κ1) is 21.1. The van der Waals surface area contributed by atoms with Crippen LogP contribution in [0.4, 0.5) is 5.69 Å². The number of hydrogen-bond donors (Lipinski definition) is 1. The van der Waals surface area contributed by atoms with Crippen molar-refractivity contribution in [2.75, 3.05) is 5.32 Å². The lowest BCUT2D eigenvalue weighted by Crippen LogP contribution is -2.31. The van der Waals surface area contributed by atoms with Gasteiger partial charge < -0.3 is 10.2 Å². The summed E-state index contributed by atoms with van der Waals surface area (Å²) in [6, 6.07) is 27.2. The summed E-state index contributed by atoms with van der Waals surface area (Å²) in [6.07, 6.45) is 3.45. The number of hydrogen-bond acceptors (Lipinski definition) is 2. The highest BCUT2D eigenvalue weighted by Gasteiger charge is 2.20. The van der Waals surface area contributed by atoms with Crippen LogP contribution in [0.1, 0.15) is 36.6 Å². The Labute approximate surface area is 177 Å². The monoisotopic (exact) mass is 398 g/mol. The lowest BCUT2D eigenvalue weighted by Gasteiger charge is -2.29. The third kappa shape index (κ3) is 5.92. The van der Waals surface area contributed by atoms with E-state index >= 15 is 0 Å². The van der Waals surface area contributed by atoms with Gasteiger partial charge in [-0.1, -0.05) is 72.8 Å². The fourth-order valence-electron chi connectivity index (χ4n) is 3.27. The fraction of sp³-hybridized carbons (Fsp3) is 0.154. The van der Waals surface area contributed by atoms with Crippen LogP contribution < -0.4 is 5.32 Å². The molecule has 1 unspecified atom stereocenters. The van der Waals surface area contributed by atoms with Crippen LogP contribution in [0, 0.1) is 0 Å². The van der Waals surface area contributed by atoms with Gasteiger partial charge in [-0.15, -0.1) is 0 Å². The van der Waals surface area contributed by atoms with E-state index in [4.69, 9.17) is 0 Å². The second kappa shape index (κ2) is 10.2. The van der Waals surface area contributed by atoms with Crippen molar-refractivity contribution in [1.29, 1.82) is 0 Å². The molecular weight excluding hydrogens is 372 g/mol. The third-order valence-electron chi connectivity index (χ3n) is 4.85. The molecule has 0 aromatic heterocycles. The van der Waals surface area contributed by atoms with E-state index in [0.29, 0.717) is 6.54 Å². The minimum absolute atomic E-state index is 0.0693. The maximum absolute atomic E-state index is 13.2. The van der Waals surface area contributed by atoms with Gasteiger partial charge >= 0.3 is 0 Å². The Bertz CT molecular complexity index is 1010. The van der Waals surface area contributed by atoms with Crippen molar-refractivity contribution in [3.8, 4) is 0 Å². The van der Waals surface area contributed by atoms with Crippen LogP contribution in [0.15, 0.2) is 91.0 Å². The summed E-state index contributed by atoms with van der Waals surface area (Å²) in [6.45, 7) is 3.98. The number of nitrogens with one attached hydrogen (secondary N) is 1. The summed E-state index contributed by atoms with van der Waals surface area (Å²) >= 11 is 0. The maximum atomic E-state index is 13.2. The molecule has 3 aromatic rings. The van der Waals surface area contributed by atoms with Crippen molar-refractivity contribution >= 4 is 23.6 Å². The summed E-state index contributed by atoms with van der Waals surface area (Å²) < 4.78 is 0. The quantitative estimate of drug-likeness (QED) is 0.538. The lowest BCUT2D eigenvalue weighted by molar-refractivity contribution is -0.128. The fourth-order valence-corrected chi connectivity index (χ4v) is 3.27. The molecule has 4 heteroatoms. The summed E-state index contributed by atoms with van der Waals surface area (Å²) in [4.78, 5) is 26.4. The van der Waals surface area contributed by atoms with Gasteiger partial charge in [-0.05, 0) is 41.8 Å². The Morgan fingerprint density at radius 1 is 0.933 bits per heavy atom. The zero-order chi connectivity index (χ0) is 21.3. The average molecular weight is 399 g/mol. The summed E-state index contributed by atoms with van der Waals surface area (Å²) in [7, 11) is 0. The van der Waals surface area contributed by atoms with Gasteiger partial charge in [0.15, 0.2) is 0 Å². The number of nitrogens with zero attached hydrogens (tertiary/aromatic N) is 1. The number of amides is 2. The van der Waals surface area contributed by atoms with E-state index in [-0.39, 0.29) is 17.9 Å². The molecule has 0 spiro atoms.